The molecule has 5 nitrogen and oxygen atoms in total. The van der Waals surface area contributed by atoms with Crippen molar-refractivity contribution >= 4 is 40.3 Å². The molecular weight excluding hydrogens is 320 g/mol. The molecule has 0 saturated carbocycles. The summed E-state index contributed by atoms with van der Waals surface area (Å²) in [4.78, 5) is 16.8. The number of hydrogen-bond donors (Lipinski definition) is 1. The van der Waals surface area contributed by atoms with Crippen LogP contribution in [-0.4, -0.2) is 58.1 Å². The maximum Gasteiger partial charge on any atom is 0.267 e. The van der Waals surface area contributed by atoms with E-state index in [0.717, 1.165) is 13.1 Å². The standard InChI is InChI=1S/C15H16N2O3S2/c18-12-4-2-1-3-11(12)9-13-14(19)17(15(21)22-13)10-16-5-7-20-8-6-16/h1-4,9,18H,5-8,10H2/b13-9+. The molecule has 3 rings (SSSR count). The van der Waals surface area contributed by atoms with Gasteiger partial charge in [-0.25, -0.2) is 0 Å². The van der Waals surface area contributed by atoms with Crippen LogP contribution in [0.1, 0.15) is 5.56 Å². The number of ether oxygens (including phenoxy) is 1. The topological polar surface area (TPSA) is 53.0 Å². The fourth-order valence-corrected chi connectivity index (χ4v) is 3.55. The number of hydrogen-bond acceptors (Lipinski definition) is 6. The molecule has 2 fully saturated rings. The summed E-state index contributed by atoms with van der Waals surface area (Å²) in [7, 11) is 0. The van der Waals surface area contributed by atoms with Gasteiger partial charge >= 0.3 is 0 Å². The number of rotatable bonds is 3. The van der Waals surface area contributed by atoms with Crippen molar-refractivity contribution in [3.8, 4) is 5.75 Å². The lowest BCUT2D eigenvalue weighted by atomic mass is 10.2. The van der Waals surface area contributed by atoms with Crippen LogP contribution in [0.25, 0.3) is 6.08 Å². The molecule has 2 aliphatic rings. The number of para-hydroxylation sites is 1. The number of carbonyl (C=O) groups excluding carboxylic acids is 1. The Kier molecular flexibility index (Phi) is 4.77. The van der Waals surface area contributed by atoms with Gasteiger partial charge in [0.1, 0.15) is 10.1 Å². The van der Waals surface area contributed by atoms with E-state index in [0.29, 0.717) is 34.7 Å². The quantitative estimate of drug-likeness (QED) is 0.672. The molecule has 0 unspecified atom stereocenters. The van der Waals surface area contributed by atoms with Gasteiger partial charge in [0.15, 0.2) is 0 Å². The molecule has 2 saturated heterocycles. The number of phenols is 1. The van der Waals surface area contributed by atoms with Crippen molar-refractivity contribution in [1.29, 1.82) is 0 Å². The van der Waals surface area contributed by atoms with E-state index in [2.05, 4.69) is 4.90 Å². The molecule has 1 N–H and O–H groups in total. The number of phenolic OH excluding ortho intramolecular Hbond substituents is 1. The van der Waals surface area contributed by atoms with Crippen molar-refractivity contribution < 1.29 is 14.6 Å². The third-order valence-corrected chi connectivity index (χ3v) is 4.92. The SMILES string of the molecule is O=C1/C(=C\c2ccccc2O)SC(=S)N1CN1CCOCC1. The van der Waals surface area contributed by atoms with Gasteiger partial charge in [0, 0.05) is 18.7 Å². The lowest BCUT2D eigenvalue weighted by Gasteiger charge is -2.29. The summed E-state index contributed by atoms with van der Waals surface area (Å²) in [6.07, 6.45) is 1.69. The second-order valence-electron chi connectivity index (χ2n) is 5.04. The van der Waals surface area contributed by atoms with Crippen molar-refractivity contribution in [3.05, 3.63) is 34.7 Å². The maximum atomic E-state index is 12.5. The highest BCUT2D eigenvalue weighted by Crippen LogP contribution is 2.34. The van der Waals surface area contributed by atoms with Crippen LogP contribution in [0.15, 0.2) is 29.2 Å². The molecule has 7 heteroatoms. The first kappa shape index (κ1) is 15.5. The number of carbonyl (C=O) groups is 1. The van der Waals surface area contributed by atoms with Gasteiger partial charge in [0.05, 0.1) is 24.8 Å². The Morgan fingerprint density at radius 1 is 1.32 bits per heavy atom. The van der Waals surface area contributed by atoms with Crippen LogP contribution < -0.4 is 0 Å². The highest BCUT2D eigenvalue weighted by atomic mass is 32.2. The summed E-state index contributed by atoms with van der Waals surface area (Å²) in [5.41, 5.74) is 0.620. The van der Waals surface area contributed by atoms with Gasteiger partial charge in [-0.3, -0.25) is 14.6 Å². The van der Waals surface area contributed by atoms with Crippen molar-refractivity contribution in [3.63, 3.8) is 0 Å². The van der Waals surface area contributed by atoms with Crippen LogP contribution in [0.4, 0.5) is 0 Å². The van der Waals surface area contributed by atoms with E-state index in [1.807, 2.05) is 6.07 Å². The van der Waals surface area contributed by atoms with Crippen LogP contribution in [0.3, 0.4) is 0 Å². The molecule has 22 heavy (non-hydrogen) atoms. The van der Waals surface area contributed by atoms with Gasteiger partial charge in [-0.2, -0.15) is 0 Å². The minimum atomic E-state index is -0.107. The predicted molar refractivity (Wildman–Crippen MR) is 90.4 cm³/mol. The van der Waals surface area contributed by atoms with E-state index >= 15 is 0 Å². The molecule has 2 heterocycles. The van der Waals surface area contributed by atoms with Gasteiger partial charge in [-0.05, 0) is 12.1 Å². The molecule has 2 aliphatic heterocycles. The summed E-state index contributed by atoms with van der Waals surface area (Å²) in [5.74, 6) is 0.0469. The largest absolute Gasteiger partial charge is 0.507 e. The summed E-state index contributed by atoms with van der Waals surface area (Å²) in [6, 6.07) is 6.93. The Morgan fingerprint density at radius 3 is 2.77 bits per heavy atom. The minimum absolute atomic E-state index is 0.107. The minimum Gasteiger partial charge on any atom is -0.507 e. The third kappa shape index (κ3) is 3.33. The zero-order chi connectivity index (χ0) is 15.5. The van der Waals surface area contributed by atoms with Gasteiger partial charge in [0.2, 0.25) is 0 Å². The molecule has 0 atom stereocenters. The zero-order valence-corrected chi connectivity index (χ0v) is 13.5. The molecule has 1 aromatic rings. The second-order valence-corrected chi connectivity index (χ2v) is 6.72. The van der Waals surface area contributed by atoms with Crippen molar-refractivity contribution in [1.82, 2.24) is 9.80 Å². The average molecular weight is 336 g/mol. The first-order chi connectivity index (χ1) is 10.6. The van der Waals surface area contributed by atoms with Crippen molar-refractivity contribution in [2.24, 2.45) is 0 Å². The number of morpholine rings is 1. The number of thiocarbonyl (C=S) groups is 1. The van der Waals surface area contributed by atoms with Crippen molar-refractivity contribution in [2.45, 2.75) is 0 Å². The first-order valence-electron chi connectivity index (χ1n) is 6.98. The van der Waals surface area contributed by atoms with E-state index in [1.165, 1.54) is 11.8 Å². The van der Waals surface area contributed by atoms with Crippen LogP contribution in [0.2, 0.25) is 0 Å². The van der Waals surface area contributed by atoms with E-state index in [-0.39, 0.29) is 11.7 Å². The predicted octanol–water partition coefficient (Wildman–Crippen LogP) is 1.88. The summed E-state index contributed by atoms with van der Waals surface area (Å²) >= 11 is 6.59. The Labute approximate surface area is 138 Å². The first-order valence-corrected chi connectivity index (χ1v) is 8.21. The zero-order valence-electron chi connectivity index (χ0n) is 11.9. The summed E-state index contributed by atoms with van der Waals surface area (Å²) in [6.45, 7) is 3.46. The van der Waals surface area contributed by atoms with Gasteiger partial charge < -0.3 is 9.84 Å². The fraction of sp³-hybridized carbons (Fsp3) is 0.333. The molecule has 0 aliphatic carbocycles. The summed E-state index contributed by atoms with van der Waals surface area (Å²) < 4.78 is 5.86. The number of amides is 1. The van der Waals surface area contributed by atoms with Crippen LogP contribution in [-0.2, 0) is 9.53 Å². The lowest BCUT2D eigenvalue weighted by molar-refractivity contribution is -0.124. The molecule has 1 aromatic carbocycles. The average Bonchev–Trinajstić information content (AvgIpc) is 2.78. The Bertz CT molecular complexity index is 627. The van der Waals surface area contributed by atoms with Gasteiger partial charge in [-0.15, -0.1) is 0 Å². The normalized spacial score (nSPS) is 21.8. The molecule has 0 bridgehead atoms. The monoisotopic (exact) mass is 336 g/mol. The van der Waals surface area contributed by atoms with Crippen LogP contribution in [0.5, 0.6) is 5.75 Å². The molecular formula is C15H16N2O3S2. The Hall–Kier alpha value is -1.41. The van der Waals surface area contributed by atoms with E-state index in [4.69, 9.17) is 17.0 Å². The van der Waals surface area contributed by atoms with E-state index in [1.54, 1.807) is 29.2 Å². The maximum absolute atomic E-state index is 12.5. The van der Waals surface area contributed by atoms with Gasteiger partial charge in [-0.1, -0.05) is 42.2 Å². The van der Waals surface area contributed by atoms with E-state index < -0.39 is 0 Å². The second kappa shape index (κ2) is 6.78. The molecule has 116 valence electrons. The van der Waals surface area contributed by atoms with E-state index in [9.17, 15) is 9.90 Å². The van der Waals surface area contributed by atoms with Crippen LogP contribution in [0, 0.1) is 0 Å². The number of nitrogens with zero attached hydrogens (tertiary/aromatic N) is 2. The third-order valence-electron chi connectivity index (χ3n) is 3.54. The lowest BCUT2D eigenvalue weighted by Crippen LogP contribution is -2.45. The van der Waals surface area contributed by atoms with Crippen molar-refractivity contribution in [2.75, 3.05) is 33.0 Å². The smallest absolute Gasteiger partial charge is 0.267 e. The number of aromatic hydroxyl groups is 1. The number of thioether (sulfide) groups is 1. The number of benzene rings is 1. The Morgan fingerprint density at radius 2 is 2.05 bits per heavy atom. The highest BCUT2D eigenvalue weighted by molar-refractivity contribution is 8.26. The summed E-state index contributed by atoms with van der Waals surface area (Å²) in [5, 5.41) is 9.82. The van der Waals surface area contributed by atoms with Gasteiger partial charge in [0.25, 0.3) is 5.91 Å². The van der Waals surface area contributed by atoms with Crippen LogP contribution >= 0.6 is 24.0 Å². The Balaban J connectivity index is 1.75. The molecule has 0 spiro atoms. The molecule has 0 aromatic heterocycles. The molecule has 1 amide bonds. The highest BCUT2D eigenvalue weighted by Gasteiger charge is 2.33. The fourth-order valence-electron chi connectivity index (χ4n) is 2.32. The molecule has 0 radical (unpaired) electrons.